The summed E-state index contributed by atoms with van der Waals surface area (Å²) in [6, 6.07) is 7.60. The Morgan fingerprint density at radius 1 is 1.20 bits per heavy atom. The Balaban J connectivity index is 1.49. The minimum absolute atomic E-state index is 0.665. The fraction of sp³-hybridized carbons (Fsp3) is 0.647. The van der Waals surface area contributed by atoms with E-state index in [1.807, 2.05) is 0 Å². The molecule has 2 aliphatic heterocycles. The fourth-order valence-corrected chi connectivity index (χ4v) is 3.47. The zero-order valence-corrected chi connectivity index (χ0v) is 12.9. The van der Waals surface area contributed by atoms with Crippen LogP contribution in [0.2, 0.25) is 0 Å². The van der Waals surface area contributed by atoms with E-state index in [9.17, 15) is 0 Å². The van der Waals surface area contributed by atoms with Crippen LogP contribution in [0, 0.1) is 0 Å². The van der Waals surface area contributed by atoms with Crippen LogP contribution in [0.1, 0.15) is 30.9 Å². The van der Waals surface area contributed by atoms with Crippen LogP contribution in [-0.4, -0.2) is 44.2 Å². The largest absolute Gasteiger partial charge is 0.374 e. The second-order valence-corrected chi connectivity index (χ2v) is 6.36. The molecule has 0 spiro atoms. The van der Waals surface area contributed by atoms with Crippen molar-refractivity contribution in [1.29, 1.82) is 0 Å². The third-order valence-electron chi connectivity index (χ3n) is 4.80. The molecule has 2 aliphatic rings. The van der Waals surface area contributed by atoms with Crippen molar-refractivity contribution in [3.63, 3.8) is 0 Å². The van der Waals surface area contributed by atoms with Crippen LogP contribution in [0.3, 0.4) is 0 Å². The first-order chi connectivity index (χ1) is 9.74. The highest BCUT2D eigenvalue weighted by Gasteiger charge is 2.18. The minimum atomic E-state index is 0.665. The maximum absolute atomic E-state index is 3.63. The Bertz CT molecular complexity index is 452. The molecule has 0 bridgehead atoms. The number of nitrogens with one attached hydrogen (secondary N) is 1. The lowest BCUT2D eigenvalue weighted by atomic mass is 10.1. The molecule has 0 saturated carbocycles. The van der Waals surface area contributed by atoms with Gasteiger partial charge in [0.25, 0.3) is 0 Å². The van der Waals surface area contributed by atoms with Gasteiger partial charge in [-0.25, -0.2) is 0 Å². The topological polar surface area (TPSA) is 18.5 Å². The molecule has 1 atom stereocenters. The maximum Gasteiger partial charge on any atom is 0.0397 e. The molecular weight excluding hydrogens is 246 g/mol. The van der Waals surface area contributed by atoms with Gasteiger partial charge in [0.15, 0.2) is 0 Å². The van der Waals surface area contributed by atoms with E-state index in [2.05, 4.69) is 47.3 Å². The highest BCUT2D eigenvalue weighted by molar-refractivity contribution is 5.58. The number of rotatable bonds is 5. The van der Waals surface area contributed by atoms with Gasteiger partial charge in [-0.2, -0.15) is 0 Å². The predicted octanol–water partition coefficient (Wildman–Crippen LogP) is 2.25. The van der Waals surface area contributed by atoms with Gasteiger partial charge in [0.05, 0.1) is 0 Å². The Hall–Kier alpha value is -1.06. The van der Waals surface area contributed by atoms with E-state index in [1.54, 1.807) is 0 Å². The van der Waals surface area contributed by atoms with Gasteiger partial charge in [0, 0.05) is 38.4 Å². The van der Waals surface area contributed by atoms with Crippen LogP contribution in [0.25, 0.3) is 0 Å². The second kappa shape index (κ2) is 6.15. The zero-order valence-electron chi connectivity index (χ0n) is 12.9. The molecule has 3 heteroatoms. The van der Waals surface area contributed by atoms with Crippen molar-refractivity contribution in [1.82, 2.24) is 10.2 Å². The van der Waals surface area contributed by atoms with Crippen LogP contribution >= 0.6 is 0 Å². The number of nitrogens with zero attached hydrogens (tertiary/aromatic N) is 2. The standard InChI is InChI=1S/C17H27N3/c1-14(20-8-3-4-9-20)12-18-13-15-5-6-17-16(11-15)7-10-19(17)2/h5-6,11,14,18H,3-4,7-10,12-13H2,1-2H3. The van der Waals surface area contributed by atoms with Crippen LogP contribution in [0.15, 0.2) is 18.2 Å². The molecule has 0 radical (unpaired) electrons. The molecule has 20 heavy (non-hydrogen) atoms. The number of likely N-dealkylation sites (N-methyl/N-ethyl adjacent to an activating group) is 1. The summed E-state index contributed by atoms with van der Waals surface area (Å²) in [5, 5.41) is 3.63. The van der Waals surface area contributed by atoms with Gasteiger partial charge in [-0.15, -0.1) is 0 Å². The maximum atomic E-state index is 3.63. The van der Waals surface area contributed by atoms with E-state index < -0.39 is 0 Å². The van der Waals surface area contributed by atoms with Crippen molar-refractivity contribution in [2.24, 2.45) is 0 Å². The highest BCUT2D eigenvalue weighted by atomic mass is 15.2. The quantitative estimate of drug-likeness (QED) is 0.888. The first kappa shape index (κ1) is 13.9. The average molecular weight is 273 g/mol. The number of hydrogen-bond donors (Lipinski definition) is 1. The summed E-state index contributed by atoms with van der Waals surface area (Å²) in [6.07, 6.45) is 3.95. The van der Waals surface area contributed by atoms with Crippen LogP contribution < -0.4 is 10.2 Å². The van der Waals surface area contributed by atoms with Gasteiger partial charge in [-0.1, -0.05) is 12.1 Å². The molecule has 0 aliphatic carbocycles. The monoisotopic (exact) mass is 273 g/mol. The van der Waals surface area contributed by atoms with Gasteiger partial charge >= 0.3 is 0 Å². The van der Waals surface area contributed by atoms with Crippen LogP contribution in [0.4, 0.5) is 5.69 Å². The predicted molar refractivity (Wildman–Crippen MR) is 85.4 cm³/mol. The fourth-order valence-electron chi connectivity index (χ4n) is 3.47. The van der Waals surface area contributed by atoms with E-state index in [0.717, 1.165) is 19.6 Å². The Morgan fingerprint density at radius 2 is 2.00 bits per heavy atom. The third-order valence-corrected chi connectivity index (χ3v) is 4.80. The Kier molecular flexibility index (Phi) is 4.27. The Labute approximate surface area is 123 Å². The van der Waals surface area contributed by atoms with Crippen LogP contribution in [-0.2, 0) is 13.0 Å². The van der Waals surface area contributed by atoms with Gasteiger partial charge in [-0.05, 0) is 56.5 Å². The van der Waals surface area contributed by atoms with Gasteiger partial charge in [0.1, 0.15) is 0 Å². The third kappa shape index (κ3) is 2.99. The van der Waals surface area contributed by atoms with E-state index in [0.29, 0.717) is 6.04 Å². The lowest BCUT2D eigenvalue weighted by Gasteiger charge is -2.24. The molecule has 1 N–H and O–H groups in total. The van der Waals surface area contributed by atoms with Crippen molar-refractivity contribution in [2.75, 3.05) is 38.1 Å². The van der Waals surface area contributed by atoms with E-state index >= 15 is 0 Å². The minimum Gasteiger partial charge on any atom is -0.374 e. The molecular formula is C17H27N3. The first-order valence-electron chi connectivity index (χ1n) is 8.02. The summed E-state index contributed by atoms with van der Waals surface area (Å²) >= 11 is 0. The van der Waals surface area contributed by atoms with Crippen molar-refractivity contribution < 1.29 is 0 Å². The van der Waals surface area contributed by atoms with Crippen molar-refractivity contribution in [3.8, 4) is 0 Å². The average Bonchev–Trinajstić information content (AvgIpc) is 3.09. The van der Waals surface area contributed by atoms with E-state index in [1.165, 1.54) is 49.2 Å². The molecule has 1 saturated heterocycles. The molecule has 110 valence electrons. The highest BCUT2D eigenvalue weighted by Crippen LogP contribution is 2.27. The molecule has 2 heterocycles. The molecule has 1 unspecified atom stereocenters. The summed E-state index contributed by atoms with van der Waals surface area (Å²) in [6.45, 7) is 8.17. The molecule has 0 amide bonds. The molecule has 3 nitrogen and oxygen atoms in total. The summed E-state index contributed by atoms with van der Waals surface area (Å²) < 4.78 is 0. The van der Waals surface area contributed by atoms with Crippen LogP contribution in [0.5, 0.6) is 0 Å². The smallest absolute Gasteiger partial charge is 0.0397 e. The second-order valence-electron chi connectivity index (χ2n) is 6.36. The number of anilines is 1. The first-order valence-corrected chi connectivity index (χ1v) is 8.02. The number of hydrogen-bond acceptors (Lipinski definition) is 3. The molecule has 1 fully saturated rings. The van der Waals surface area contributed by atoms with E-state index in [-0.39, 0.29) is 0 Å². The summed E-state index contributed by atoms with van der Waals surface area (Å²) in [5.74, 6) is 0. The molecule has 1 aromatic rings. The lowest BCUT2D eigenvalue weighted by molar-refractivity contribution is 0.251. The molecule has 0 aromatic heterocycles. The van der Waals surface area contributed by atoms with Crippen molar-refractivity contribution >= 4 is 5.69 Å². The summed E-state index contributed by atoms with van der Waals surface area (Å²) in [4.78, 5) is 4.95. The molecule has 3 rings (SSSR count). The van der Waals surface area contributed by atoms with Gasteiger partial charge in [-0.3, -0.25) is 4.90 Å². The summed E-state index contributed by atoms with van der Waals surface area (Å²) in [7, 11) is 2.18. The Morgan fingerprint density at radius 3 is 2.80 bits per heavy atom. The van der Waals surface area contributed by atoms with Gasteiger partial charge in [0.2, 0.25) is 0 Å². The zero-order chi connectivity index (χ0) is 13.9. The lowest BCUT2D eigenvalue weighted by Crippen LogP contribution is -2.38. The van der Waals surface area contributed by atoms with E-state index in [4.69, 9.17) is 0 Å². The molecule has 1 aromatic carbocycles. The SMILES string of the molecule is CC(CNCc1ccc2c(c1)CCN2C)N1CCCC1. The number of benzene rings is 1. The van der Waals surface area contributed by atoms with Crippen molar-refractivity contribution in [2.45, 2.75) is 38.8 Å². The summed E-state index contributed by atoms with van der Waals surface area (Å²) in [5.41, 5.74) is 4.35. The number of likely N-dealkylation sites (tertiary alicyclic amines) is 1. The number of fused-ring (bicyclic) bond motifs is 1. The van der Waals surface area contributed by atoms with Crippen molar-refractivity contribution in [3.05, 3.63) is 29.3 Å². The normalized spacial score (nSPS) is 20.4. The van der Waals surface area contributed by atoms with Gasteiger partial charge < -0.3 is 10.2 Å².